The number of ketones is 1. The molecule has 0 aliphatic rings. The Balaban J connectivity index is 1.80. The summed E-state index contributed by atoms with van der Waals surface area (Å²) < 4.78 is 5.74. The fourth-order valence-electron chi connectivity index (χ4n) is 1.38. The van der Waals surface area contributed by atoms with E-state index >= 15 is 0 Å². The number of anilines is 1. The molecule has 0 aliphatic heterocycles. The van der Waals surface area contributed by atoms with Crippen LogP contribution in [0.15, 0.2) is 16.5 Å². The van der Waals surface area contributed by atoms with E-state index in [-0.39, 0.29) is 5.78 Å². The first-order valence-corrected chi connectivity index (χ1v) is 8.59. The second-order valence-electron chi connectivity index (χ2n) is 3.91. The number of nitrogens with zero attached hydrogens (tertiary/aromatic N) is 2. The number of rotatable bonds is 8. The van der Waals surface area contributed by atoms with Crippen LogP contribution in [0.4, 0.5) is 5.13 Å². The molecule has 2 heterocycles. The molecule has 1 N–H and O–H groups in total. The fraction of sp³-hybridized carbons (Fsp3) is 0.417. The van der Waals surface area contributed by atoms with Crippen LogP contribution in [0.2, 0.25) is 0 Å². The largest absolute Gasteiger partial charge is 0.383 e. The Morgan fingerprint density at radius 3 is 2.95 bits per heavy atom. The molecule has 0 aliphatic carbocycles. The van der Waals surface area contributed by atoms with Crippen LogP contribution in [-0.2, 0) is 4.74 Å². The number of hydrogen-bond acceptors (Lipinski definition) is 8. The van der Waals surface area contributed by atoms with E-state index in [1.807, 2.05) is 19.1 Å². The summed E-state index contributed by atoms with van der Waals surface area (Å²) in [5.74, 6) is 0.532. The monoisotopic (exact) mass is 329 g/mol. The van der Waals surface area contributed by atoms with E-state index in [4.69, 9.17) is 4.74 Å². The van der Waals surface area contributed by atoms with Crippen LogP contribution in [-0.4, -0.2) is 42.0 Å². The highest BCUT2D eigenvalue weighted by atomic mass is 32.2. The Morgan fingerprint density at radius 2 is 2.25 bits per heavy atom. The Morgan fingerprint density at radius 1 is 1.40 bits per heavy atom. The normalized spacial score (nSPS) is 10.7. The number of thiophene rings is 1. The van der Waals surface area contributed by atoms with Gasteiger partial charge in [-0.2, -0.15) is 0 Å². The Hall–Kier alpha value is -0.960. The molecule has 0 aromatic carbocycles. The lowest BCUT2D eigenvalue weighted by Gasteiger charge is -1.98. The van der Waals surface area contributed by atoms with Gasteiger partial charge in [0.15, 0.2) is 10.1 Å². The average Bonchev–Trinajstić information content (AvgIpc) is 3.05. The summed E-state index contributed by atoms with van der Waals surface area (Å²) in [6.07, 6.45) is 0. The van der Waals surface area contributed by atoms with Crippen molar-refractivity contribution in [2.75, 3.05) is 31.3 Å². The van der Waals surface area contributed by atoms with Crippen molar-refractivity contribution >= 4 is 45.4 Å². The zero-order valence-electron chi connectivity index (χ0n) is 11.2. The number of hydrogen-bond donors (Lipinski definition) is 1. The number of aryl methyl sites for hydroxylation is 1. The molecule has 0 amide bonds. The third-order valence-corrected chi connectivity index (χ3v) is 5.39. The summed E-state index contributed by atoms with van der Waals surface area (Å²) in [7, 11) is 1.65. The van der Waals surface area contributed by atoms with Crippen LogP contribution in [0.1, 0.15) is 14.5 Å². The molecular weight excluding hydrogens is 314 g/mol. The van der Waals surface area contributed by atoms with Gasteiger partial charge in [-0.05, 0) is 19.1 Å². The number of nitrogens with one attached hydrogen (secondary N) is 1. The van der Waals surface area contributed by atoms with E-state index in [9.17, 15) is 4.79 Å². The van der Waals surface area contributed by atoms with Crippen LogP contribution < -0.4 is 5.32 Å². The van der Waals surface area contributed by atoms with Crippen molar-refractivity contribution in [3.63, 3.8) is 0 Å². The van der Waals surface area contributed by atoms with Crippen molar-refractivity contribution in [2.45, 2.75) is 11.3 Å². The third-order valence-electron chi connectivity index (χ3n) is 2.33. The van der Waals surface area contributed by atoms with Gasteiger partial charge in [0.25, 0.3) is 0 Å². The summed E-state index contributed by atoms with van der Waals surface area (Å²) in [4.78, 5) is 13.9. The molecule has 0 unspecified atom stereocenters. The van der Waals surface area contributed by atoms with Crippen molar-refractivity contribution in [1.82, 2.24) is 10.2 Å². The maximum Gasteiger partial charge on any atom is 0.206 e. The number of ether oxygens (including phenoxy) is 1. The van der Waals surface area contributed by atoms with E-state index in [2.05, 4.69) is 15.5 Å². The minimum absolute atomic E-state index is 0.136. The van der Waals surface area contributed by atoms with Gasteiger partial charge in [-0.1, -0.05) is 23.1 Å². The fourth-order valence-corrected chi connectivity index (χ4v) is 3.94. The summed E-state index contributed by atoms with van der Waals surface area (Å²) >= 11 is 4.40. The van der Waals surface area contributed by atoms with Crippen molar-refractivity contribution < 1.29 is 9.53 Å². The molecule has 0 atom stereocenters. The van der Waals surface area contributed by atoms with Crippen LogP contribution >= 0.6 is 34.4 Å². The summed E-state index contributed by atoms with van der Waals surface area (Å²) in [6, 6.07) is 3.84. The van der Waals surface area contributed by atoms with E-state index in [1.54, 1.807) is 7.11 Å². The molecule has 0 saturated heterocycles. The van der Waals surface area contributed by atoms with Crippen molar-refractivity contribution in [3.8, 4) is 0 Å². The number of aromatic nitrogens is 2. The number of Topliss-reactive ketones (excluding diaryl/α,β-unsaturated/α-hetero) is 1. The summed E-state index contributed by atoms with van der Waals surface area (Å²) in [5.41, 5.74) is 0. The highest BCUT2D eigenvalue weighted by Crippen LogP contribution is 2.27. The molecule has 2 aromatic heterocycles. The second-order valence-corrected chi connectivity index (χ2v) is 7.40. The SMILES string of the molecule is COCCNc1nnc(SCC(=O)c2ccc(C)s2)s1. The minimum Gasteiger partial charge on any atom is -0.383 e. The lowest BCUT2D eigenvalue weighted by molar-refractivity contribution is 0.102. The van der Waals surface area contributed by atoms with Gasteiger partial charge < -0.3 is 10.1 Å². The first-order chi connectivity index (χ1) is 9.69. The minimum atomic E-state index is 0.136. The van der Waals surface area contributed by atoms with Gasteiger partial charge >= 0.3 is 0 Å². The molecule has 5 nitrogen and oxygen atoms in total. The molecule has 0 fully saturated rings. The van der Waals surface area contributed by atoms with E-state index in [1.165, 1.54) is 34.4 Å². The molecule has 2 aromatic rings. The maximum atomic E-state index is 12.0. The highest BCUT2D eigenvalue weighted by molar-refractivity contribution is 8.01. The molecule has 0 spiro atoms. The standard InChI is InChI=1S/C12H15N3O2S3/c1-8-3-4-10(19-8)9(16)7-18-12-15-14-11(20-12)13-5-6-17-2/h3-4H,5-7H2,1-2H3,(H,13,14). The number of carbonyl (C=O) groups excluding carboxylic acids is 1. The predicted molar refractivity (Wildman–Crippen MR) is 84.4 cm³/mol. The van der Waals surface area contributed by atoms with Crippen LogP contribution in [0.25, 0.3) is 0 Å². The molecule has 20 heavy (non-hydrogen) atoms. The molecule has 0 radical (unpaired) electrons. The number of methoxy groups -OCH3 is 1. The topological polar surface area (TPSA) is 64.1 Å². The average molecular weight is 329 g/mol. The molecule has 8 heteroatoms. The van der Waals surface area contributed by atoms with E-state index in [0.717, 1.165) is 19.2 Å². The number of thioether (sulfide) groups is 1. The Bertz CT molecular complexity index is 568. The lowest BCUT2D eigenvalue weighted by Crippen LogP contribution is -2.06. The Kier molecular flexibility index (Phi) is 5.96. The first-order valence-electron chi connectivity index (χ1n) is 5.98. The molecule has 2 rings (SSSR count). The molecule has 0 bridgehead atoms. The predicted octanol–water partition coefficient (Wildman–Crippen LogP) is 2.94. The highest BCUT2D eigenvalue weighted by Gasteiger charge is 2.11. The van der Waals surface area contributed by atoms with Gasteiger partial charge in [0.2, 0.25) is 5.13 Å². The van der Waals surface area contributed by atoms with Gasteiger partial charge in [0.05, 0.1) is 17.2 Å². The van der Waals surface area contributed by atoms with E-state index in [0.29, 0.717) is 18.9 Å². The maximum absolute atomic E-state index is 12.0. The van der Waals surface area contributed by atoms with Gasteiger partial charge in [-0.15, -0.1) is 21.5 Å². The summed E-state index contributed by atoms with van der Waals surface area (Å²) in [6.45, 7) is 3.32. The van der Waals surface area contributed by atoms with Gasteiger partial charge in [-0.3, -0.25) is 4.79 Å². The van der Waals surface area contributed by atoms with Crippen molar-refractivity contribution in [2.24, 2.45) is 0 Å². The molecule has 108 valence electrons. The van der Waals surface area contributed by atoms with Gasteiger partial charge in [0, 0.05) is 18.5 Å². The van der Waals surface area contributed by atoms with Crippen molar-refractivity contribution in [3.05, 3.63) is 21.9 Å². The second kappa shape index (κ2) is 7.72. The first kappa shape index (κ1) is 15.4. The molecule has 0 saturated carbocycles. The Labute approximate surface area is 129 Å². The zero-order valence-corrected chi connectivity index (χ0v) is 13.7. The van der Waals surface area contributed by atoms with Crippen molar-refractivity contribution in [1.29, 1.82) is 0 Å². The third kappa shape index (κ3) is 4.55. The van der Waals surface area contributed by atoms with Gasteiger partial charge in [-0.25, -0.2) is 0 Å². The van der Waals surface area contributed by atoms with E-state index < -0.39 is 0 Å². The lowest BCUT2D eigenvalue weighted by atomic mass is 10.3. The summed E-state index contributed by atoms with van der Waals surface area (Å²) in [5, 5.41) is 11.9. The van der Waals surface area contributed by atoms with Gasteiger partial charge in [0.1, 0.15) is 0 Å². The molecular formula is C12H15N3O2S3. The quantitative estimate of drug-likeness (QED) is 0.456. The number of carbonyl (C=O) groups is 1. The van der Waals surface area contributed by atoms with Crippen LogP contribution in [0.5, 0.6) is 0 Å². The van der Waals surface area contributed by atoms with Crippen LogP contribution in [0, 0.1) is 6.92 Å². The smallest absolute Gasteiger partial charge is 0.206 e. The zero-order chi connectivity index (χ0) is 14.4. The van der Waals surface area contributed by atoms with Crippen LogP contribution in [0.3, 0.4) is 0 Å².